The molecule has 0 heterocycles. The molecule has 2 aromatic carbocycles. The first-order valence-electron chi connectivity index (χ1n) is 6.52. The molecule has 0 saturated heterocycles. The van der Waals surface area contributed by atoms with Crippen molar-refractivity contribution < 1.29 is 8.78 Å². The van der Waals surface area contributed by atoms with Gasteiger partial charge in [0.15, 0.2) is 0 Å². The summed E-state index contributed by atoms with van der Waals surface area (Å²) in [6.07, 6.45) is -2.43. The zero-order chi connectivity index (χ0) is 15.4. The molecule has 0 aliphatic carbocycles. The average molecular weight is 330 g/mol. The maximum Gasteiger partial charge on any atom is 0.263 e. The molecule has 0 radical (unpaired) electrons. The lowest BCUT2D eigenvalue weighted by molar-refractivity contribution is 0.151. The van der Waals surface area contributed by atoms with Crippen molar-refractivity contribution in [3.8, 4) is 0 Å². The summed E-state index contributed by atoms with van der Waals surface area (Å²) in [5.41, 5.74) is 1.93. The van der Waals surface area contributed by atoms with Crippen LogP contribution in [0.4, 0.5) is 8.78 Å². The SMILES string of the molecule is CC(NCc1ccc(C(F)F)cc1)c1ccc(Cl)cc1Cl. The number of hydrogen-bond acceptors (Lipinski definition) is 1. The molecule has 5 heteroatoms. The zero-order valence-electron chi connectivity index (χ0n) is 11.4. The molecule has 0 aromatic heterocycles. The lowest BCUT2D eigenvalue weighted by Crippen LogP contribution is -2.18. The first-order valence-corrected chi connectivity index (χ1v) is 7.28. The molecule has 1 unspecified atom stereocenters. The van der Waals surface area contributed by atoms with Crippen LogP contribution in [0.25, 0.3) is 0 Å². The van der Waals surface area contributed by atoms with Crippen LogP contribution in [0.15, 0.2) is 42.5 Å². The van der Waals surface area contributed by atoms with E-state index in [1.54, 1.807) is 24.3 Å². The number of benzene rings is 2. The Kier molecular flexibility index (Phi) is 5.57. The molecule has 0 aliphatic rings. The summed E-state index contributed by atoms with van der Waals surface area (Å²) < 4.78 is 24.9. The highest BCUT2D eigenvalue weighted by Gasteiger charge is 2.10. The third kappa shape index (κ3) is 4.40. The Balaban J connectivity index is 1.98. The fourth-order valence-electron chi connectivity index (χ4n) is 2.01. The number of alkyl halides is 2. The Hall–Kier alpha value is -1.16. The van der Waals surface area contributed by atoms with E-state index < -0.39 is 6.43 Å². The predicted octanol–water partition coefficient (Wildman–Crippen LogP) is 5.78. The van der Waals surface area contributed by atoms with Gasteiger partial charge in [-0.2, -0.15) is 0 Å². The molecular formula is C16H15Cl2F2N. The van der Waals surface area contributed by atoms with E-state index in [0.717, 1.165) is 11.1 Å². The van der Waals surface area contributed by atoms with Crippen molar-refractivity contribution in [3.63, 3.8) is 0 Å². The summed E-state index contributed by atoms with van der Waals surface area (Å²) in [5.74, 6) is 0. The third-order valence-corrected chi connectivity index (χ3v) is 3.84. The molecule has 2 rings (SSSR count). The summed E-state index contributed by atoms with van der Waals surface area (Å²) in [6.45, 7) is 2.56. The first kappa shape index (κ1) is 16.2. The van der Waals surface area contributed by atoms with Crippen molar-refractivity contribution in [1.82, 2.24) is 5.32 Å². The van der Waals surface area contributed by atoms with E-state index in [9.17, 15) is 8.78 Å². The predicted molar refractivity (Wildman–Crippen MR) is 83.1 cm³/mol. The molecular weight excluding hydrogens is 315 g/mol. The molecule has 0 spiro atoms. The van der Waals surface area contributed by atoms with Gasteiger partial charge in [0.1, 0.15) is 0 Å². The fourth-order valence-corrected chi connectivity index (χ4v) is 2.59. The van der Waals surface area contributed by atoms with Gasteiger partial charge in [-0.1, -0.05) is 53.5 Å². The molecule has 0 fully saturated rings. The summed E-state index contributed by atoms with van der Waals surface area (Å²) in [4.78, 5) is 0. The van der Waals surface area contributed by atoms with Gasteiger partial charge in [-0.25, -0.2) is 8.78 Å². The van der Waals surface area contributed by atoms with Gasteiger partial charge in [0.05, 0.1) is 0 Å². The topological polar surface area (TPSA) is 12.0 Å². The maximum atomic E-state index is 12.5. The van der Waals surface area contributed by atoms with Crippen molar-refractivity contribution >= 4 is 23.2 Å². The van der Waals surface area contributed by atoms with Crippen molar-refractivity contribution in [1.29, 1.82) is 0 Å². The van der Waals surface area contributed by atoms with Crippen LogP contribution in [-0.2, 0) is 6.54 Å². The van der Waals surface area contributed by atoms with Crippen molar-refractivity contribution in [2.45, 2.75) is 25.9 Å². The normalized spacial score (nSPS) is 12.7. The lowest BCUT2D eigenvalue weighted by Gasteiger charge is -2.16. The van der Waals surface area contributed by atoms with Gasteiger partial charge in [0.2, 0.25) is 0 Å². The van der Waals surface area contributed by atoms with Crippen LogP contribution in [0, 0.1) is 0 Å². The second kappa shape index (κ2) is 7.21. The third-order valence-electron chi connectivity index (χ3n) is 3.27. The van der Waals surface area contributed by atoms with Crippen LogP contribution >= 0.6 is 23.2 Å². The number of hydrogen-bond donors (Lipinski definition) is 1. The largest absolute Gasteiger partial charge is 0.306 e. The maximum absolute atomic E-state index is 12.5. The van der Waals surface area contributed by atoms with E-state index in [-0.39, 0.29) is 11.6 Å². The summed E-state index contributed by atoms with van der Waals surface area (Å²) in [5, 5.41) is 4.51. The van der Waals surface area contributed by atoms with Gasteiger partial charge in [-0.3, -0.25) is 0 Å². The highest BCUT2D eigenvalue weighted by molar-refractivity contribution is 6.35. The van der Waals surface area contributed by atoms with E-state index >= 15 is 0 Å². The van der Waals surface area contributed by atoms with Crippen molar-refractivity contribution in [2.75, 3.05) is 0 Å². The van der Waals surface area contributed by atoms with E-state index in [0.29, 0.717) is 16.6 Å². The summed E-state index contributed by atoms with van der Waals surface area (Å²) in [7, 11) is 0. The van der Waals surface area contributed by atoms with E-state index in [1.807, 2.05) is 13.0 Å². The highest BCUT2D eigenvalue weighted by atomic mass is 35.5. The number of halogens is 4. The fraction of sp³-hybridized carbons (Fsp3) is 0.250. The van der Waals surface area contributed by atoms with Gasteiger partial charge in [-0.05, 0) is 30.2 Å². The van der Waals surface area contributed by atoms with Gasteiger partial charge in [0, 0.05) is 28.2 Å². The molecule has 2 aromatic rings. The molecule has 21 heavy (non-hydrogen) atoms. The lowest BCUT2D eigenvalue weighted by atomic mass is 10.1. The second-order valence-electron chi connectivity index (χ2n) is 4.81. The van der Waals surface area contributed by atoms with E-state index in [4.69, 9.17) is 23.2 Å². The summed E-state index contributed by atoms with van der Waals surface area (Å²) >= 11 is 12.0. The highest BCUT2D eigenvalue weighted by Crippen LogP contribution is 2.26. The Morgan fingerprint density at radius 3 is 2.29 bits per heavy atom. The molecule has 0 bridgehead atoms. The van der Waals surface area contributed by atoms with E-state index in [2.05, 4.69) is 5.32 Å². The Labute approximate surface area is 132 Å². The standard InChI is InChI=1S/C16H15Cl2F2N/c1-10(14-7-6-13(17)8-15(14)18)21-9-11-2-4-12(5-3-11)16(19)20/h2-8,10,16,21H,9H2,1H3. The van der Waals surface area contributed by atoms with Crippen LogP contribution in [-0.4, -0.2) is 0 Å². The molecule has 112 valence electrons. The minimum atomic E-state index is -2.43. The Bertz CT molecular complexity index is 600. The van der Waals surface area contributed by atoms with Crippen LogP contribution in [0.3, 0.4) is 0 Å². The van der Waals surface area contributed by atoms with Crippen LogP contribution in [0.1, 0.15) is 36.1 Å². The quantitative estimate of drug-likeness (QED) is 0.732. The Morgan fingerprint density at radius 2 is 1.71 bits per heavy atom. The first-order chi connectivity index (χ1) is 9.97. The molecule has 1 N–H and O–H groups in total. The second-order valence-corrected chi connectivity index (χ2v) is 5.65. The monoisotopic (exact) mass is 329 g/mol. The van der Waals surface area contributed by atoms with Gasteiger partial charge in [-0.15, -0.1) is 0 Å². The van der Waals surface area contributed by atoms with Gasteiger partial charge in [0.25, 0.3) is 6.43 Å². The van der Waals surface area contributed by atoms with E-state index in [1.165, 1.54) is 12.1 Å². The average Bonchev–Trinajstić information content (AvgIpc) is 2.45. The molecule has 0 amide bonds. The van der Waals surface area contributed by atoms with Gasteiger partial charge < -0.3 is 5.32 Å². The smallest absolute Gasteiger partial charge is 0.263 e. The zero-order valence-corrected chi connectivity index (χ0v) is 12.9. The van der Waals surface area contributed by atoms with Gasteiger partial charge >= 0.3 is 0 Å². The minimum absolute atomic E-state index is 0.0320. The molecule has 0 aliphatic heterocycles. The molecule has 0 saturated carbocycles. The number of nitrogens with one attached hydrogen (secondary N) is 1. The minimum Gasteiger partial charge on any atom is -0.306 e. The van der Waals surface area contributed by atoms with Crippen LogP contribution < -0.4 is 5.32 Å². The van der Waals surface area contributed by atoms with Crippen molar-refractivity contribution in [2.24, 2.45) is 0 Å². The molecule has 1 atom stereocenters. The Morgan fingerprint density at radius 1 is 1.05 bits per heavy atom. The molecule has 1 nitrogen and oxygen atoms in total. The summed E-state index contributed by atoms with van der Waals surface area (Å²) in [6, 6.07) is 11.7. The number of rotatable bonds is 5. The van der Waals surface area contributed by atoms with Crippen LogP contribution in [0.5, 0.6) is 0 Å². The van der Waals surface area contributed by atoms with Crippen molar-refractivity contribution in [3.05, 3.63) is 69.2 Å². The van der Waals surface area contributed by atoms with Crippen LogP contribution in [0.2, 0.25) is 10.0 Å².